The van der Waals surface area contributed by atoms with Gasteiger partial charge >= 0.3 is 0 Å². The van der Waals surface area contributed by atoms with Gasteiger partial charge in [-0.3, -0.25) is 9.36 Å². The van der Waals surface area contributed by atoms with Gasteiger partial charge in [-0.15, -0.1) is 10.2 Å². The van der Waals surface area contributed by atoms with E-state index < -0.39 is 0 Å². The zero-order valence-electron chi connectivity index (χ0n) is 13.3. The SMILES string of the molecule is CC(=O)C(C)Sc1nnc(-c2ccc(Br)o2)n1Cc1ccccc1. The molecular weight excluding hydrogens is 390 g/mol. The lowest BCUT2D eigenvalue weighted by Gasteiger charge is -2.11. The van der Waals surface area contributed by atoms with E-state index >= 15 is 0 Å². The number of rotatable bonds is 6. The summed E-state index contributed by atoms with van der Waals surface area (Å²) in [4.78, 5) is 11.6. The van der Waals surface area contributed by atoms with Crippen LogP contribution in [0, 0.1) is 0 Å². The van der Waals surface area contributed by atoms with Gasteiger partial charge in [0.25, 0.3) is 0 Å². The number of hydrogen-bond donors (Lipinski definition) is 0. The molecule has 0 aliphatic rings. The van der Waals surface area contributed by atoms with Crippen LogP contribution in [0.2, 0.25) is 0 Å². The summed E-state index contributed by atoms with van der Waals surface area (Å²) in [6, 6.07) is 13.7. The van der Waals surface area contributed by atoms with Crippen LogP contribution < -0.4 is 0 Å². The van der Waals surface area contributed by atoms with Crippen molar-refractivity contribution in [2.75, 3.05) is 0 Å². The summed E-state index contributed by atoms with van der Waals surface area (Å²) in [6.45, 7) is 4.06. The standard InChI is InChI=1S/C17H16BrN3O2S/c1-11(22)12(2)24-17-20-19-16(14-8-9-15(18)23-14)21(17)10-13-6-4-3-5-7-13/h3-9,12H,10H2,1-2H3. The van der Waals surface area contributed by atoms with Crippen LogP contribution in [-0.2, 0) is 11.3 Å². The number of thioether (sulfide) groups is 1. The van der Waals surface area contributed by atoms with E-state index in [-0.39, 0.29) is 11.0 Å². The summed E-state index contributed by atoms with van der Waals surface area (Å²) < 4.78 is 8.24. The van der Waals surface area contributed by atoms with E-state index in [1.165, 1.54) is 11.8 Å². The number of nitrogens with zero attached hydrogens (tertiary/aromatic N) is 3. The highest BCUT2D eigenvalue weighted by atomic mass is 79.9. The van der Waals surface area contributed by atoms with Crippen LogP contribution in [0.5, 0.6) is 0 Å². The molecule has 0 amide bonds. The minimum absolute atomic E-state index is 0.108. The zero-order chi connectivity index (χ0) is 17.1. The number of furan rings is 1. The fourth-order valence-electron chi connectivity index (χ4n) is 2.14. The Morgan fingerprint density at radius 3 is 2.62 bits per heavy atom. The number of aromatic nitrogens is 3. The molecule has 5 nitrogen and oxygen atoms in total. The molecule has 1 unspecified atom stereocenters. The van der Waals surface area contributed by atoms with E-state index in [4.69, 9.17) is 4.42 Å². The lowest BCUT2D eigenvalue weighted by Crippen LogP contribution is -2.11. The predicted molar refractivity (Wildman–Crippen MR) is 97.0 cm³/mol. The zero-order valence-corrected chi connectivity index (χ0v) is 15.7. The number of ketones is 1. The smallest absolute Gasteiger partial charge is 0.200 e. The van der Waals surface area contributed by atoms with Crippen LogP contribution in [0.4, 0.5) is 0 Å². The van der Waals surface area contributed by atoms with Gasteiger partial charge in [0.15, 0.2) is 15.6 Å². The Balaban J connectivity index is 2.00. The summed E-state index contributed by atoms with van der Waals surface area (Å²) in [5.74, 6) is 1.38. The number of Topliss-reactive ketones (excluding diaryl/α,β-unsaturated/α-hetero) is 1. The Morgan fingerprint density at radius 1 is 1.25 bits per heavy atom. The molecule has 0 fully saturated rings. The third-order valence-corrected chi connectivity index (χ3v) is 5.17. The Hall–Kier alpha value is -1.86. The number of carbonyl (C=O) groups is 1. The lowest BCUT2D eigenvalue weighted by molar-refractivity contribution is -0.116. The molecule has 3 aromatic rings. The van der Waals surface area contributed by atoms with Gasteiger partial charge in [0.1, 0.15) is 5.78 Å². The Labute approximate surface area is 152 Å². The molecule has 24 heavy (non-hydrogen) atoms. The van der Waals surface area contributed by atoms with E-state index in [1.807, 2.05) is 54.0 Å². The van der Waals surface area contributed by atoms with Gasteiger partial charge in [-0.05, 0) is 47.5 Å². The van der Waals surface area contributed by atoms with Crippen molar-refractivity contribution in [3.8, 4) is 11.6 Å². The molecule has 0 bridgehead atoms. The third-order valence-electron chi connectivity index (χ3n) is 3.55. The van der Waals surface area contributed by atoms with Crippen molar-refractivity contribution in [2.45, 2.75) is 30.8 Å². The maximum Gasteiger partial charge on any atom is 0.200 e. The van der Waals surface area contributed by atoms with Crippen LogP contribution >= 0.6 is 27.7 Å². The van der Waals surface area contributed by atoms with Crippen LogP contribution in [0.25, 0.3) is 11.6 Å². The molecule has 124 valence electrons. The van der Waals surface area contributed by atoms with Crippen molar-refractivity contribution in [2.24, 2.45) is 0 Å². The molecule has 0 aliphatic carbocycles. The maximum absolute atomic E-state index is 11.6. The number of benzene rings is 1. The van der Waals surface area contributed by atoms with Gasteiger partial charge in [0.2, 0.25) is 5.82 Å². The monoisotopic (exact) mass is 405 g/mol. The largest absolute Gasteiger partial charge is 0.446 e. The second-order valence-corrected chi connectivity index (χ2v) is 7.44. The summed E-state index contributed by atoms with van der Waals surface area (Å²) in [6.07, 6.45) is 0. The highest BCUT2D eigenvalue weighted by molar-refractivity contribution is 9.10. The minimum atomic E-state index is -0.181. The third kappa shape index (κ3) is 3.79. The molecule has 0 saturated carbocycles. The second-order valence-electron chi connectivity index (χ2n) is 5.35. The van der Waals surface area contributed by atoms with Crippen molar-refractivity contribution < 1.29 is 9.21 Å². The predicted octanol–water partition coefficient (Wildman–Crippen LogP) is 4.42. The van der Waals surface area contributed by atoms with Crippen molar-refractivity contribution in [1.29, 1.82) is 0 Å². The Morgan fingerprint density at radius 2 is 2.00 bits per heavy atom. The first-order chi connectivity index (χ1) is 11.5. The van der Waals surface area contributed by atoms with E-state index in [9.17, 15) is 4.79 Å². The average molecular weight is 406 g/mol. The quantitative estimate of drug-likeness (QED) is 0.568. The van der Waals surface area contributed by atoms with E-state index in [2.05, 4.69) is 26.1 Å². The van der Waals surface area contributed by atoms with Crippen LogP contribution in [0.1, 0.15) is 19.4 Å². The number of halogens is 1. The minimum Gasteiger partial charge on any atom is -0.446 e. The van der Waals surface area contributed by atoms with E-state index in [1.54, 1.807) is 6.92 Å². The first-order valence-electron chi connectivity index (χ1n) is 7.44. The maximum atomic E-state index is 11.6. The van der Waals surface area contributed by atoms with Gasteiger partial charge < -0.3 is 4.42 Å². The summed E-state index contributed by atoms with van der Waals surface area (Å²) in [5, 5.41) is 9.06. The molecule has 2 heterocycles. The molecule has 1 atom stereocenters. The van der Waals surface area contributed by atoms with Crippen molar-refractivity contribution in [3.05, 3.63) is 52.7 Å². The van der Waals surface area contributed by atoms with Gasteiger partial charge in [-0.1, -0.05) is 42.1 Å². The highest BCUT2D eigenvalue weighted by Gasteiger charge is 2.20. The van der Waals surface area contributed by atoms with Gasteiger partial charge in [0, 0.05) is 0 Å². The summed E-state index contributed by atoms with van der Waals surface area (Å²) in [7, 11) is 0. The van der Waals surface area contributed by atoms with Crippen molar-refractivity contribution in [3.63, 3.8) is 0 Å². The Kier molecular flexibility index (Phi) is 5.20. The summed E-state index contributed by atoms with van der Waals surface area (Å²) >= 11 is 4.72. The molecule has 0 spiro atoms. The number of hydrogen-bond acceptors (Lipinski definition) is 5. The molecular formula is C17H16BrN3O2S. The summed E-state index contributed by atoms with van der Waals surface area (Å²) in [5.41, 5.74) is 1.13. The highest BCUT2D eigenvalue weighted by Crippen LogP contribution is 2.30. The molecule has 2 aromatic heterocycles. The second kappa shape index (κ2) is 7.36. The van der Waals surface area contributed by atoms with Gasteiger partial charge in [0.05, 0.1) is 11.8 Å². The molecule has 3 rings (SSSR count). The van der Waals surface area contributed by atoms with Crippen LogP contribution in [0.3, 0.4) is 0 Å². The van der Waals surface area contributed by atoms with E-state index in [0.717, 1.165) is 5.56 Å². The molecule has 0 aliphatic heterocycles. The molecule has 7 heteroatoms. The van der Waals surface area contributed by atoms with Gasteiger partial charge in [-0.25, -0.2) is 0 Å². The fraction of sp³-hybridized carbons (Fsp3) is 0.235. The Bertz CT molecular complexity index is 845. The fourth-order valence-corrected chi connectivity index (χ4v) is 3.30. The van der Waals surface area contributed by atoms with Gasteiger partial charge in [-0.2, -0.15) is 0 Å². The molecule has 0 radical (unpaired) electrons. The first kappa shape index (κ1) is 17.0. The van der Waals surface area contributed by atoms with E-state index in [0.29, 0.717) is 28.0 Å². The average Bonchev–Trinajstić information content (AvgIpc) is 3.15. The molecule has 0 saturated heterocycles. The topological polar surface area (TPSA) is 60.9 Å². The first-order valence-corrected chi connectivity index (χ1v) is 9.12. The molecule has 0 N–H and O–H groups in total. The van der Waals surface area contributed by atoms with Crippen molar-refractivity contribution >= 4 is 33.5 Å². The lowest BCUT2D eigenvalue weighted by atomic mass is 10.2. The van der Waals surface area contributed by atoms with Crippen LogP contribution in [0.15, 0.2) is 56.7 Å². The normalized spacial score (nSPS) is 12.3. The van der Waals surface area contributed by atoms with Crippen molar-refractivity contribution in [1.82, 2.24) is 14.8 Å². The van der Waals surface area contributed by atoms with Crippen LogP contribution in [-0.4, -0.2) is 25.8 Å². The molecule has 1 aromatic carbocycles. The number of carbonyl (C=O) groups excluding carboxylic acids is 1.